The van der Waals surface area contributed by atoms with Crippen LogP contribution in [0.15, 0.2) is 22.8 Å². The molecule has 0 fully saturated rings. The van der Waals surface area contributed by atoms with E-state index in [9.17, 15) is 4.79 Å². The van der Waals surface area contributed by atoms with Gasteiger partial charge in [-0.1, -0.05) is 26.1 Å². The van der Waals surface area contributed by atoms with Crippen LogP contribution in [-0.4, -0.2) is 22.4 Å². The number of carbonyl (C=O) groups is 1. The minimum Gasteiger partial charge on any atom is -0.393 e. The lowest BCUT2D eigenvalue weighted by Gasteiger charge is -2.23. The first-order chi connectivity index (χ1) is 7.84. The molecule has 92 valence electrons. The third-order valence-corrected chi connectivity index (χ3v) is 3.52. The minimum atomic E-state index is -0.410. The number of carbonyl (C=O) groups excluding carboxylic acids is 1. The number of amides is 1. The maximum Gasteiger partial charge on any atom is 0.271 e. The Labute approximate surface area is 114 Å². The molecule has 3 N–H and O–H groups in total. The molecule has 0 bridgehead atoms. The molecule has 0 aliphatic rings. The Balaban J connectivity index is 2.69. The number of halogens is 1. The standard InChI is InChI=1S/C11H14BrN3OS/c1-11(2,10(13)17)6-15-9(16)8-7(12)4-3-5-14-8/h3-5H,6H2,1-2H3,(H2,13,17)(H,15,16). The summed E-state index contributed by atoms with van der Waals surface area (Å²) in [6, 6.07) is 3.51. The Morgan fingerprint density at radius 2 is 2.29 bits per heavy atom. The fraction of sp³-hybridized carbons (Fsp3) is 0.364. The first-order valence-corrected chi connectivity index (χ1v) is 6.23. The Hall–Kier alpha value is -1.01. The average molecular weight is 316 g/mol. The van der Waals surface area contributed by atoms with Gasteiger partial charge in [0.1, 0.15) is 5.69 Å². The molecular weight excluding hydrogens is 302 g/mol. The van der Waals surface area contributed by atoms with Gasteiger partial charge in [0.05, 0.1) is 4.99 Å². The van der Waals surface area contributed by atoms with Crippen molar-refractivity contribution in [3.05, 3.63) is 28.5 Å². The second-order valence-electron chi connectivity index (χ2n) is 4.26. The van der Waals surface area contributed by atoms with Gasteiger partial charge in [-0.3, -0.25) is 4.79 Å². The van der Waals surface area contributed by atoms with Crippen LogP contribution in [0.2, 0.25) is 0 Å². The van der Waals surface area contributed by atoms with Gasteiger partial charge < -0.3 is 11.1 Å². The number of hydrogen-bond donors (Lipinski definition) is 2. The highest BCUT2D eigenvalue weighted by Gasteiger charge is 2.23. The molecule has 1 amide bonds. The number of rotatable bonds is 4. The Kier molecular flexibility index (Phi) is 4.59. The van der Waals surface area contributed by atoms with Crippen molar-refractivity contribution < 1.29 is 4.79 Å². The van der Waals surface area contributed by atoms with Crippen molar-refractivity contribution in [2.75, 3.05) is 6.54 Å². The van der Waals surface area contributed by atoms with Crippen LogP contribution in [-0.2, 0) is 0 Å². The molecule has 0 aliphatic carbocycles. The average Bonchev–Trinajstić information content (AvgIpc) is 2.26. The van der Waals surface area contributed by atoms with E-state index in [2.05, 4.69) is 26.2 Å². The van der Waals surface area contributed by atoms with Gasteiger partial charge in [-0.05, 0) is 28.1 Å². The van der Waals surface area contributed by atoms with Gasteiger partial charge in [0, 0.05) is 22.6 Å². The molecule has 1 heterocycles. The molecule has 0 atom stereocenters. The number of nitrogens with zero attached hydrogens (tertiary/aromatic N) is 1. The minimum absolute atomic E-state index is 0.248. The van der Waals surface area contributed by atoms with Gasteiger partial charge in [0.2, 0.25) is 0 Å². The second-order valence-corrected chi connectivity index (χ2v) is 5.56. The summed E-state index contributed by atoms with van der Waals surface area (Å²) >= 11 is 8.20. The van der Waals surface area contributed by atoms with Crippen molar-refractivity contribution in [1.29, 1.82) is 0 Å². The topological polar surface area (TPSA) is 68.0 Å². The fourth-order valence-electron chi connectivity index (χ4n) is 1.02. The van der Waals surface area contributed by atoms with Crippen LogP contribution in [0.4, 0.5) is 0 Å². The summed E-state index contributed by atoms with van der Waals surface area (Å²) in [5.74, 6) is -0.248. The fourth-order valence-corrected chi connectivity index (χ4v) is 1.53. The number of pyridine rings is 1. The monoisotopic (exact) mass is 315 g/mol. The summed E-state index contributed by atoms with van der Waals surface area (Å²) in [5, 5.41) is 2.76. The molecule has 0 unspecified atom stereocenters. The molecule has 0 radical (unpaired) electrons. The molecule has 6 heteroatoms. The summed E-state index contributed by atoms with van der Waals surface area (Å²) in [5.41, 5.74) is 5.52. The van der Waals surface area contributed by atoms with Gasteiger partial charge in [-0.15, -0.1) is 0 Å². The molecule has 1 rings (SSSR count). The molecule has 0 saturated carbocycles. The molecule has 0 aromatic carbocycles. The summed E-state index contributed by atoms with van der Waals surface area (Å²) in [4.78, 5) is 16.2. The number of nitrogens with one attached hydrogen (secondary N) is 1. The molecule has 0 saturated heterocycles. The van der Waals surface area contributed by atoms with E-state index in [1.54, 1.807) is 18.3 Å². The number of hydrogen-bond acceptors (Lipinski definition) is 3. The van der Waals surface area contributed by atoms with E-state index in [0.717, 1.165) is 0 Å². The molecule has 0 spiro atoms. The van der Waals surface area contributed by atoms with Gasteiger partial charge in [0.25, 0.3) is 5.91 Å². The lowest BCUT2D eigenvalue weighted by molar-refractivity contribution is 0.0939. The zero-order valence-corrected chi connectivity index (χ0v) is 12.1. The highest BCUT2D eigenvalue weighted by molar-refractivity contribution is 9.10. The smallest absolute Gasteiger partial charge is 0.271 e. The van der Waals surface area contributed by atoms with Crippen molar-refractivity contribution in [2.45, 2.75) is 13.8 Å². The lowest BCUT2D eigenvalue weighted by Crippen LogP contribution is -2.41. The van der Waals surface area contributed by atoms with Crippen LogP contribution in [0.5, 0.6) is 0 Å². The zero-order chi connectivity index (χ0) is 13.1. The van der Waals surface area contributed by atoms with Crippen LogP contribution in [0.1, 0.15) is 24.3 Å². The second kappa shape index (κ2) is 5.55. The molecular formula is C11H14BrN3OS. The number of nitrogens with two attached hydrogens (primary N) is 1. The number of aromatic nitrogens is 1. The van der Waals surface area contributed by atoms with Crippen molar-refractivity contribution in [2.24, 2.45) is 11.1 Å². The highest BCUT2D eigenvalue weighted by atomic mass is 79.9. The maximum atomic E-state index is 11.8. The summed E-state index contributed by atoms with van der Waals surface area (Å²) in [6.45, 7) is 4.14. The first-order valence-electron chi connectivity index (χ1n) is 5.03. The van der Waals surface area contributed by atoms with E-state index in [0.29, 0.717) is 21.7 Å². The van der Waals surface area contributed by atoms with Gasteiger partial charge in [0.15, 0.2) is 0 Å². The third kappa shape index (κ3) is 3.74. The predicted molar refractivity (Wildman–Crippen MR) is 74.8 cm³/mol. The summed E-state index contributed by atoms with van der Waals surface area (Å²) in [6.07, 6.45) is 1.57. The van der Waals surface area contributed by atoms with Crippen molar-refractivity contribution >= 4 is 39.0 Å². The third-order valence-electron chi connectivity index (χ3n) is 2.33. The Bertz CT molecular complexity index is 448. The lowest BCUT2D eigenvalue weighted by atomic mass is 9.93. The normalized spacial score (nSPS) is 11.0. The van der Waals surface area contributed by atoms with E-state index < -0.39 is 5.41 Å². The Morgan fingerprint density at radius 3 is 2.82 bits per heavy atom. The maximum absolute atomic E-state index is 11.8. The SMILES string of the molecule is CC(C)(CNC(=O)c1ncccc1Br)C(N)=S. The van der Waals surface area contributed by atoms with Crippen LogP contribution in [0.3, 0.4) is 0 Å². The van der Waals surface area contributed by atoms with Crippen molar-refractivity contribution in [3.8, 4) is 0 Å². The van der Waals surface area contributed by atoms with Gasteiger partial charge in [-0.2, -0.15) is 0 Å². The van der Waals surface area contributed by atoms with E-state index in [4.69, 9.17) is 18.0 Å². The van der Waals surface area contributed by atoms with Crippen LogP contribution < -0.4 is 11.1 Å². The number of thiocarbonyl (C=S) groups is 1. The van der Waals surface area contributed by atoms with Crippen LogP contribution in [0, 0.1) is 5.41 Å². The van der Waals surface area contributed by atoms with E-state index in [-0.39, 0.29) is 5.91 Å². The zero-order valence-electron chi connectivity index (χ0n) is 9.66. The van der Waals surface area contributed by atoms with Crippen molar-refractivity contribution in [3.63, 3.8) is 0 Å². The molecule has 17 heavy (non-hydrogen) atoms. The van der Waals surface area contributed by atoms with E-state index >= 15 is 0 Å². The quantitative estimate of drug-likeness (QED) is 0.833. The molecule has 1 aromatic rings. The van der Waals surface area contributed by atoms with E-state index in [1.807, 2.05) is 13.8 Å². The molecule has 1 aromatic heterocycles. The van der Waals surface area contributed by atoms with Crippen LogP contribution >= 0.6 is 28.1 Å². The van der Waals surface area contributed by atoms with Crippen molar-refractivity contribution in [1.82, 2.24) is 10.3 Å². The predicted octanol–water partition coefficient (Wildman–Crippen LogP) is 1.89. The molecule has 4 nitrogen and oxygen atoms in total. The first kappa shape index (κ1) is 14.1. The van der Waals surface area contributed by atoms with E-state index in [1.165, 1.54) is 0 Å². The summed E-state index contributed by atoms with van der Waals surface area (Å²) in [7, 11) is 0. The highest BCUT2D eigenvalue weighted by Crippen LogP contribution is 2.16. The van der Waals surface area contributed by atoms with Crippen LogP contribution in [0.25, 0.3) is 0 Å². The summed E-state index contributed by atoms with van der Waals surface area (Å²) < 4.78 is 0.658. The van der Waals surface area contributed by atoms with Gasteiger partial charge in [-0.25, -0.2) is 4.98 Å². The largest absolute Gasteiger partial charge is 0.393 e. The Morgan fingerprint density at radius 1 is 1.65 bits per heavy atom. The van der Waals surface area contributed by atoms with Gasteiger partial charge >= 0.3 is 0 Å². The molecule has 0 aliphatic heterocycles.